The van der Waals surface area contributed by atoms with Gasteiger partial charge in [-0.2, -0.15) is 0 Å². The Kier molecular flexibility index (Phi) is 6.16. The first-order chi connectivity index (χ1) is 10.2. The molecular formula is C14H19BrN4O2. The summed E-state index contributed by atoms with van der Waals surface area (Å²) in [6.45, 7) is 4.11. The lowest BCUT2D eigenvalue weighted by atomic mass is 10.3. The zero-order chi connectivity index (χ0) is 15.1. The van der Waals surface area contributed by atoms with Crippen molar-refractivity contribution in [3.8, 4) is 5.75 Å². The summed E-state index contributed by atoms with van der Waals surface area (Å²) in [5.74, 6) is 1.59. The first-order valence-corrected chi connectivity index (χ1v) is 7.62. The Bertz CT molecular complexity index is 561. The summed E-state index contributed by atoms with van der Waals surface area (Å²) in [5.41, 5.74) is 0. The molecule has 0 aliphatic rings. The monoisotopic (exact) mass is 354 g/mol. The van der Waals surface area contributed by atoms with Gasteiger partial charge in [-0.1, -0.05) is 22.0 Å². The maximum absolute atomic E-state index is 9.89. The molecule has 6 nitrogen and oxygen atoms in total. The average Bonchev–Trinajstić information content (AvgIpc) is 2.93. The molecule has 0 amide bonds. The molecule has 1 heterocycles. The van der Waals surface area contributed by atoms with Gasteiger partial charge in [0.2, 0.25) is 0 Å². The average molecular weight is 355 g/mol. The number of aryl methyl sites for hydroxylation is 1. The van der Waals surface area contributed by atoms with Crippen LogP contribution < -0.4 is 10.1 Å². The number of rotatable bonds is 8. The van der Waals surface area contributed by atoms with Gasteiger partial charge in [0.25, 0.3) is 0 Å². The fourth-order valence-corrected chi connectivity index (χ4v) is 2.22. The fourth-order valence-electron chi connectivity index (χ4n) is 1.84. The molecule has 0 aliphatic carbocycles. The molecule has 21 heavy (non-hydrogen) atoms. The number of halogens is 1. The third-order valence-electron chi connectivity index (χ3n) is 2.94. The van der Waals surface area contributed by atoms with Crippen molar-refractivity contribution in [3.05, 3.63) is 40.9 Å². The molecule has 1 atom stereocenters. The van der Waals surface area contributed by atoms with Crippen molar-refractivity contribution >= 4 is 15.9 Å². The number of aliphatic hydroxyl groups is 1. The molecule has 0 radical (unpaired) electrons. The highest BCUT2D eigenvalue weighted by molar-refractivity contribution is 9.10. The standard InChI is InChI=1S/C14H19BrN4O2/c1-2-19-10-17-18-14(19)8-16-7-12(20)9-21-13-5-3-4-11(15)6-13/h3-6,10,12,16,20H,2,7-9H2,1H3. The third-order valence-corrected chi connectivity index (χ3v) is 3.43. The second-order valence-electron chi connectivity index (χ2n) is 4.59. The topological polar surface area (TPSA) is 72.2 Å². The molecular weight excluding hydrogens is 336 g/mol. The van der Waals surface area contributed by atoms with Gasteiger partial charge in [-0.15, -0.1) is 10.2 Å². The summed E-state index contributed by atoms with van der Waals surface area (Å²) < 4.78 is 8.43. The minimum absolute atomic E-state index is 0.240. The highest BCUT2D eigenvalue weighted by atomic mass is 79.9. The first kappa shape index (κ1) is 15.9. The van der Waals surface area contributed by atoms with Crippen molar-refractivity contribution in [3.63, 3.8) is 0 Å². The molecule has 0 saturated carbocycles. The van der Waals surface area contributed by atoms with Gasteiger partial charge in [-0.3, -0.25) is 0 Å². The highest BCUT2D eigenvalue weighted by Crippen LogP contribution is 2.17. The molecule has 2 N–H and O–H groups in total. The number of aromatic nitrogens is 3. The van der Waals surface area contributed by atoms with E-state index in [-0.39, 0.29) is 6.61 Å². The number of nitrogens with zero attached hydrogens (tertiary/aromatic N) is 3. The van der Waals surface area contributed by atoms with E-state index in [0.717, 1.165) is 22.6 Å². The zero-order valence-electron chi connectivity index (χ0n) is 11.9. The maximum atomic E-state index is 9.89. The van der Waals surface area contributed by atoms with Gasteiger partial charge >= 0.3 is 0 Å². The van der Waals surface area contributed by atoms with E-state index in [1.54, 1.807) is 6.33 Å². The second kappa shape index (κ2) is 8.11. The van der Waals surface area contributed by atoms with Crippen molar-refractivity contribution < 1.29 is 9.84 Å². The van der Waals surface area contributed by atoms with Crippen molar-refractivity contribution in [2.24, 2.45) is 0 Å². The van der Waals surface area contributed by atoms with Crippen molar-refractivity contribution in [1.82, 2.24) is 20.1 Å². The molecule has 2 rings (SSSR count). The summed E-state index contributed by atoms with van der Waals surface area (Å²) in [7, 11) is 0. The Morgan fingerprint density at radius 2 is 2.33 bits per heavy atom. The normalized spacial score (nSPS) is 12.3. The number of hydrogen-bond donors (Lipinski definition) is 2. The van der Waals surface area contributed by atoms with Gasteiger partial charge in [0.15, 0.2) is 0 Å². The Labute approximate surface area is 132 Å². The van der Waals surface area contributed by atoms with Crippen molar-refractivity contribution in [2.45, 2.75) is 26.1 Å². The van der Waals surface area contributed by atoms with Crippen molar-refractivity contribution in [1.29, 1.82) is 0 Å². The second-order valence-corrected chi connectivity index (χ2v) is 5.50. The van der Waals surface area contributed by atoms with Crippen LogP contribution in [0.1, 0.15) is 12.7 Å². The largest absolute Gasteiger partial charge is 0.491 e. The summed E-state index contributed by atoms with van der Waals surface area (Å²) in [4.78, 5) is 0. The number of benzene rings is 1. The van der Waals surface area contributed by atoms with E-state index in [9.17, 15) is 5.11 Å². The molecule has 0 bridgehead atoms. The molecule has 1 aromatic heterocycles. The molecule has 2 aromatic rings. The predicted octanol–water partition coefficient (Wildman–Crippen LogP) is 1.59. The van der Waals surface area contributed by atoms with Crippen LogP contribution in [0.4, 0.5) is 0 Å². The maximum Gasteiger partial charge on any atom is 0.146 e. The molecule has 114 valence electrons. The molecule has 0 saturated heterocycles. The SMILES string of the molecule is CCn1cnnc1CNCC(O)COc1cccc(Br)c1. The molecule has 1 aromatic carbocycles. The summed E-state index contributed by atoms with van der Waals surface area (Å²) in [6.07, 6.45) is 1.12. The lowest BCUT2D eigenvalue weighted by Gasteiger charge is -2.13. The predicted molar refractivity (Wildman–Crippen MR) is 83.0 cm³/mol. The van der Waals surface area contributed by atoms with E-state index in [2.05, 4.69) is 31.4 Å². The molecule has 0 spiro atoms. The Balaban J connectivity index is 1.69. The van der Waals surface area contributed by atoms with Crippen LogP contribution in [0.5, 0.6) is 5.75 Å². The molecule has 0 fully saturated rings. The van der Waals surface area contributed by atoms with Crippen LogP contribution in [0.2, 0.25) is 0 Å². The van der Waals surface area contributed by atoms with Crippen LogP contribution in [0.25, 0.3) is 0 Å². The van der Waals surface area contributed by atoms with Gasteiger partial charge in [-0.25, -0.2) is 0 Å². The van der Waals surface area contributed by atoms with Gasteiger partial charge in [0, 0.05) is 17.6 Å². The number of ether oxygens (including phenoxy) is 1. The van der Waals surface area contributed by atoms with Gasteiger partial charge in [0.1, 0.15) is 30.6 Å². The van der Waals surface area contributed by atoms with E-state index in [4.69, 9.17) is 4.74 Å². The summed E-state index contributed by atoms with van der Waals surface area (Å²) in [6, 6.07) is 7.54. The zero-order valence-corrected chi connectivity index (χ0v) is 13.5. The molecule has 0 aliphatic heterocycles. The smallest absolute Gasteiger partial charge is 0.146 e. The lowest BCUT2D eigenvalue weighted by molar-refractivity contribution is 0.106. The quantitative estimate of drug-likeness (QED) is 0.753. The van der Waals surface area contributed by atoms with Gasteiger partial charge < -0.3 is 19.7 Å². The van der Waals surface area contributed by atoms with Gasteiger partial charge in [-0.05, 0) is 25.1 Å². The number of aliphatic hydroxyl groups excluding tert-OH is 1. The lowest BCUT2D eigenvalue weighted by Crippen LogP contribution is -2.31. The Morgan fingerprint density at radius 1 is 1.48 bits per heavy atom. The van der Waals surface area contributed by atoms with E-state index in [1.807, 2.05) is 35.8 Å². The molecule has 7 heteroatoms. The minimum atomic E-state index is -0.582. The van der Waals surface area contributed by atoms with Crippen LogP contribution in [-0.2, 0) is 13.1 Å². The van der Waals surface area contributed by atoms with Crippen LogP contribution in [0, 0.1) is 0 Å². The van der Waals surface area contributed by atoms with Crippen LogP contribution in [0.15, 0.2) is 35.1 Å². The van der Waals surface area contributed by atoms with Crippen molar-refractivity contribution in [2.75, 3.05) is 13.2 Å². The van der Waals surface area contributed by atoms with E-state index >= 15 is 0 Å². The van der Waals surface area contributed by atoms with E-state index < -0.39 is 6.10 Å². The Hall–Kier alpha value is -1.44. The van der Waals surface area contributed by atoms with E-state index in [1.165, 1.54) is 0 Å². The summed E-state index contributed by atoms with van der Waals surface area (Å²) >= 11 is 3.38. The van der Waals surface area contributed by atoms with Crippen LogP contribution in [-0.4, -0.2) is 39.1 Å². The number of nitrogens with one attached hydrogen (secondary N) is 1. The molecule has 1 unspecified atom stereocenters. The van der Waals surface area contributed by atoms with Gasteiger partial charge in [0.05, 0.1) is 6.54 Å². The van der Waals surface area contributed by atoms with E-state index in [0.29, 0.717) is 13.1 Å². The first-order valence-electron chi connectivity index (χ1n) is 6.83. The summed E-state index contributed by atoms with van der Waals surface area (Å²) in [5, 5.41) is 20.9. The number of hydrogen-bond acceptors (Lipinski definition) is 5. The highest BCUT2D eigenvalue weighted by Gasteiger charge is 2.07. The Morgan fingerprint density at radius 3 is 3.10 bits per heavy atom. The van der Waals surface area contributed by atoms with Crippen LogP contribution in [0.3, 0.4) is 0 Å². The minimum Gasteiger partial charge on any atom is -0.491 e. The fraction of sp³-hybridized carbons (Fsp3) is 0.429. The third kappa shape index (κ3) is 5.11. The van der Waals surface area contributed by atoms with Crippen LogP contribution >= 0.6 is 15.9 Å².